The van der Waals surface area contributed by atoms with Gasteiger partial charge in [0.1, 0.15) is 6.54 Å². The summed E-state index contributed by atoms with van der Waals surface area (Å²) in [5, 5.41) is 10.2. The lowest BCUT2D eigenvalue weighted by molar-refractivity contribution is -0.141. The van der Waals surface area contributed by atoms with Gasteiger partial charge in [0.25, 0.3) is 0 Å². The maximum Gasteiger partial charge on any atom is 0.325 e. The molecule has 0 spiro atoms. The average Bonchev–Trinajstić information content (AvgIpc) is 3.03. The number of hydrogen-bond acceptors (Lipinski definition) is 6. The first kappa shape index (κ1) is 15.7. The Balaban J connectivity index is 2.01. The van der Waals surface area contributed by atoms with Gasteiger partial charge >= 0.3 is 10.8 Å². The van der Waals surface area contributed by atoms with E-state index in [-0.39, 0.29) is 12.4 Å². The monoisotopic (exact) mass is 394 g/mol. The summed E-state index contributed by atoms with van der Waals surface area (Å²) in [4.78, 5) is 27.5. The number of esters is 1. The molecule has 23 heavy (non-hydrogen) atoms. The van der Waals surface area contributed by atoms with Gasteiger partial charge in [0.15, 0.2) is 0 Å². The minimum Gasteiger partial charge on any atom is -0.493 e. The number of aromatic hydroxyl groups is 1. The highest BCUT2D eigenvalue weighted by atomic mass is 79.9. The summed E-state index contributed by atoms with van der Waals surface area (Å²) in [7, 11) is 1.23. The van der Waals surface area contributed by atoms with Gasteiger partial charge in [-0.05, 0) is 24.3 Å². The van der Waals surface area contributed by atoms with Crippen LogP contribution in [0.25, 0.3) is 11.6 Å². The first-order chi connectivity index (χ1) is 11.0. The first-order valence-corrected chi connectivity index (χ1v) is 8.15. The smallest absolute Gasteiger partial charge is 0.325 e. The Morgan fingerprint density at radius 3 is 3.04 bits per heavy atom. The molecule has 3 rings (SSSR count). The number of thiazole rings is 1. The molecule has 0 unspecified atom stereocenters. The highest BCUT2D eigenvalue weighted by Gasteiger charge is 2.18. The van der Waals surface area contributed by atoms with E-state index in [1.165, 1.54) is 7.11 Å². The van der Waals surface area contributed by atoms with Crippen LogP contribution in [0, 0.1) is 0 Å². The van der Waals surface area contributed by atoms with Gasteiger partial charge in [0, 0.05) is 21.8 Å². The van der Waals surface area contributed by atoms with Crippen LogP contribution >= 0.6 is 27.3 Å². The number of allylic oxidation sites excluding steroid dienone is 1. The third-order valence-electron chi connectivity index (χ3n) is 3.31. The Morgan fingerprint density at radius 1 is 1.52 bits per heavy atom. The lowest BCUT2D eigenvalue weighted by atomic mass is 10.1. The van der Waals surface area contributed by atoms with Gasteiger partial charge in [0.05, 0.1) is 17.7 Å². The van der Waals surface area contributed by atoms with Crippen LogP contribution in [0.1, 0.15) is 10.4 Å². The van der Waals surface area contributed by atoms with Crippen LogP contribution < -0.4 is 4.87 Å². The summed E-state index contributed by atoms with van der Waals surface area (Å²) in [6.45, 7) is -0.322. The predicted molar refractivity (Wildman–Crippen MR) is 92.4 cm³/mol. The fraction of sp³-hybridized carbons (Fsp3) is 0.133. The molecule has 0 aliphatic carbocycles. The zero-order valence-electron chi connectivity index (χ0n) is 11.9. The zero-order chi connectivity index (χ0) is 16.6. The quantitative estimate of drug-likeness (QED) is 0.811. The summed E-state index contributed by atoms with van der Waals surface area (Å²) in [6.07, 6.45) is 3.35. The Hall–Kier alpha value is -2.19. The van der Waals surface area contributed by atoms with Crippen LogP contribution in [0.15, 0.2) is 32.5 Å². The summed E-state index contributed by atoms with van der Waals surface area (Å²) in [6, 6.07) is 5.68. The molecule has 0 saturated heterocycles. The minimum absolute atomic E-state index is 0.255. The normalized spacial score (nSPS) is 14.3. The van der Waals surface area contributed by atoms with Crippen molar-refractivity contribution in [1.82, 2.24) is 4.57 Å². The van der Waals surface area contributed by atoms with E-state index in [0.29, 0.717) is 4.88 Å². The van der Waals surface area contributed by atoms with Gasteiger partial charge in [-0.15, -0.1) is 0 Å². The lowest BCUT2D eigenvalue weighted by Crippen LogP contribution is -2.19. The highest BCUT2D eigenvalue weighted by molar-refractivity contribution is 9.10. The number of aliphatic imine (C=N–C) groups is 1. The van der Waals surface area contributed by atoms with Gasteiger partial charge < -0.3 is 9.84 Å². The Labute approximate surface area is 143 Å². The predicted octanol–water partition coefficient (Wildman–Crippen LogP) is 2.81. The van der Waals surface area contributed by atoms with E-state index in [2.05, 4.69) is 25.7 Å². The van der Waals surface area contributed by atoms with Crippen molar-refractivity contribution in [3.8, 4) is 5.88 Å². The topological polar surface area (TPSA) is 80.9 Å². The molecule has 0 bridgehead atoms. The molecule has 2 heterocycles. The molecule has 1 aromatic heterocycles. The minimum atomic E-state index is -0.601. The molecular weight excluding hydrogens is 384 g/mol. The van der Waals surface area contributed by atoms with Crippen molar-refractivity contribution >= 4 is 56.8 Å². The summed E-state index contributed by atoms with van der Waals surface area (Å²) in [5.74, 6) is -0.856. The maximum atomic E-state index is 11.9. The lowest BCUT2D eigenvalue weighted by Gasteiger charge is -2.02. The van der Waals surface area contributed by atoms with Crippen molar-refractivity contribution in [3.05, 3.63) is 42.8 Å². The van der Waals surface area contributed by atoms with Crippen molar-refractivity contribution in [1.29, 1.82) is 0 Å². The van der Waals surface area contributed by atoms with Crippen molar-refractivity contribution in [2.45, 2.75) is 6.54 Å². The van der Waals surface area contributed by atoms with E-state index in [4.69, 9.17) is 0 Å². The molecule has 0 atom stereocenters. The Kier molecular flexibility index (Phi) is 4.18. The van der Waals surface area contributed by atoms with E-state index in [9.17, 15) is 14.7 Å². The molecule has 0 saturated carbocycles. The molecule has 8 heteroatoms. The van der Waals surface area contributed by atoms with Crippen LogP contribution in [0.4, 0.5) is 5.69 Å². The molecule has 0 amide bonds. The fourth-order valence-electron chi connectivity index (χ4n) is 2.16. The van der Waals surface area contributed by atoms with E-state index >= 15 is 0 Å². The number of hydrogen-bond donors (Lipinski definition) is 1. The summed E-state index contributed by atoms with van der Waals surface area (Å²) < 4.78 is 6.41. The van der Waals surface area contributed by atoms with Gasteiger partial charge in [-0.2, -0.15) is 0 Å². The van der Waals surface area contributed by atoms with E-state index in [0.717, 1.165) is 37.2 Å². The molecule has 1 aromatic carbocycles. The number of aromatic nitrogens is 1. The number of carbonyl (C=O) groups excluding carboxylic acids is 1. The van der Waals surface area contributed by atoms with Crippen LogP contribution in [-0.2, 0) is 16.1 Å². The number of nitrogens with zero attached hydrogens (tertiary/aromatic N) is 2. The van der Waals surface area contributed by atoms with Crippen LogP contribution in [0.2, 0.25) is 0 Å². The van der Waals surface area contributed by atoms with Crippen LogP contribution in [0.5, 0.6) is 5.88 Å². The second kappa shape index (κ2) is 6.13. The van der Waals surface area contributed by atoms with E-state index in [1.54, 1.807) is 12.3 Å². The second-order valence-corrected chi connectivity index (χ2v) is 6.65. The number of halogens is 1. The van der Waals surface area contributed by atoms with Crippen molar-refractivity contribution < 1.29 is 14.6 Å². The largest absolute Gasteiger partial charge is 0.493 e. The third-order valence-corrected chi connectivity index (χ3v) is 4.72. The number of carbonyl (C=O) groups is 1. The van der Waals surface area contributed by atoms with Gasteiger partial charge in [-0.25, -0.2) is 0 Å². The average molecular weight is 395 g/mol. The first-order valence-electron chi connectivity index (χ1n) is 6.54. The molecular formula is C15H11BrN2O4S. The molecule has 1 N–H and O–H groups in total. The number of fused-ring (bicyclic) bond motifs is 1. The fourth-order valence-corrected chi connectivity index (χ4v) is 3.36. The van der Waals surface area contributed by atoms with Gasteiger partial charge in [-0.1, -0.05) is 27.3 Å². The van der Waals surface area contributed by atoms with Gasteiger partial charge in [0.2, 0.25) is 5.88 Å². The summed E-state index contributed by atoms with van der Waals surface area (Å²) >= 11 is 4.27. The molecule has 0 radical (unpaired) electrons. The third kappa shape index (κ3) is 2.99. The van der Waals surface area contributed by atoms with Crippen molar-refractivity contribution in [2.24, 2.45) is 4.99 Å². The number of methoxy groups -OCH3 is 1. The summed E-state index contributed by atoms with van der Waals surface area (Å²) in [5.41, 5.74) is 2.50. The van der Waals surface area contributed by atoms with E-state index in [1.807, 2.05) is 18.2 Å². The van der Waals surface area contributed by atoms with Crippen molar-refractivity contribution in [2.75, 3.05) is 7.11 Å². The number of benzene rings is 1. The highest BCUT2D eigenvalue weighted by Crippen LogP contribution is 2.36. The molecule has 0 fully saturated rings. The zero-order valence-corrected chi connectivity index (χ0v) is 14.3. The molecule has 6 nitrogen and oxygen atoms in total. The standard InChI is InChI=1S/C15H11BrN2O4S/c1-22-13(19)7-18-14(20)12(23-15(18)21)4-8-6-17-11-3-2-9(16)5-10(8)11/h2-6,20H,7H2,1H3. The number of rotatable bonds is 3. The molecule has 118 valence electrons. The molecule has 1 aliphatic heterocycles. The van der Waals surface area contributed by atoms with Crippen molar-refractivity contribution in [3.63, 3.8) is 0 Å². The maximum absolute atomic E-state index is 11.9. The SMILES string of the molecule is COC(=O)Cn1c(O)c(C=C2C=Nc3ccc(Br)cc32)sc1=O. The Morgan fingerprint density at radius 2 is 2.30 bits per heavy atom. The van der Waals surface area contributed by atoms with Crippen LogP contribution in [-0.4, -0.2) is 29.0 Å². The number of ether oxygens (including phenoxy) is 1. The molecule has 1 aliphatic rings. The molecule has 2 aromatic rings. The van der Waals surface area contributed by atoms with E-state index < -0.39 is 10.8 Å². The van der Waals surface area contributed by atoms with Gasteiger partial charge in [-0.3, -0.25) is 19.1 Å². The Bertz CT molecular complexity index is 911. The van der Waals surface area contributed by atoms with Crippen LogP contribution in [0.3, 0.4) is 0 Å². The second-order valence-electron chi connectivity index (χ2n) is 4.74.